The minimum Gasteiger partial charge on any atom is -0.493 e. The average Bonchev–Trinajstić information content (AvgIpc) is 2.67. The van der Waals surface area contributed by atoms with Gasteiger partial charge >= 0.3 is 5.97 Å². The van der Waals surface area contributed by atoms with E-state index in [0.29, 0.717) is 5.56 Å². The molecule has 2 aromatic carbocycles. The maximum atomic E-state index is 13.6. The lowest BCUT2D eigenvalue weighted by molar-refractivity contribution is -0.155. The molecule has 0 bridgehead atoms. The molecule has 0 aliphatic rings. The molecule has 0 saturated heterocycles. The fourth-order valence-electron chi connectivity index (χ4n) is 2.22. The Morgan fingerprint density at radius 1 is 1.11 bits per heavy atom. The number of amides is 1. The molecule has 8 heteroatoms. The Kier molecular flexibility index (Phi) is 7.08. The number of Topliss-reactive ketones (excluding diaryl/α,β-unsaturated/α-hetero) is 1. The van der Waals surface area contributed by atoms with Crippen LogP contribution < -0.4 is 14.8 Å². The normalized spacial score (nSPS) is 11.3. The van der Waals surface area contributed by atoms with Crippen molar-refractivity contribution in [2.75, 3.05) is 19.0 Å². The number of para-hydroxylation sites is 1. The van der Waals surface area contributed by atoms with Crippen LogP contribution in [-0.4, -0.2) is 37.5 Å². The first-order chi connectivity index (χ1) is 13.3. The molecule has 1 N–H and O–H groups in total. The van der Waals surface area contributed by atoms with Crippen molar-refractivity contribution in [2.45, 2.75) is 20.0 Å². The summed E-state index contributed by atoms with van der Waals surface area (Å²) in [5.74, 6) is -1.69. The quantitative estimate of drug-likeness (QED) is 0.551. The van der Waals surface area contributed by atoms with Gasteiger partial charge in [0.2, 0.25) is 0 Å². The molecule has 28 heavy (non-hydrogen) atoms. The summed E-state index contributed by atoms with van der Waals surface area (Å²) < 4.78 is 29.0. The largest absolute Gasteiger partial charge is 0.493 e. The Bertz CT molecular complexity index is 883. The number of nitrogens with one attached hydrogen (secondary N) is 1. The number of hydrogen-bond acceptors (Lipinski definition) is 6. The molecule has 2 rings (SSSR count). The molecular formula is C20H20FNO6. The summed E-state index contributed by atoms with van der Waals surface area (Å²) in [4.78, 5) is 35.4. The Morgan fingerprint density at radius 3 is 2.46 bits per heavy atom. The molecule has 0 unspecified atom stereocenters. The van der Waals surface area contributed by atoms with Crippen LogP contribution in [-0.2, 0) is 14.3 Å². The number of carbonyl (C=O) groups excluding carboxylic acids is 3. The predicted molar refractivity (Wildman–Crippen MR) is 99.1 cm³/mol. The number of benzene rings is 2. The van der Waals surface area contributed by atoms with Crippen LogP contribution in [0.1, 0.15) is 24.2 Å². The third-order valence-corrected chi connectivity index (χ3v) is 3.72. The highest BCUT2D eigenvalue weighted by Gasteiger charge is 2.20. The van der Waals surface area contributed by atoms with Crippen molar-refractivity contribution in [2.24, 2.45) is 0 Å². The van der Waals surface area contributed by atoms with Gasteiger partial charge in [-0.3, -0.25) is 9.59 Å². The van der Waals surface area contributed by atoms with E-state index in [1.54, 1.807) is 6.07 Å². The van der Waals surface area contributed by atoms with E-state index in [9.17, 15) is 18.8 Å². The molecule has 148 valence electrons. The van der Waals surface area contributed by atoms with Crippen molar-refractivity contribution in [3.8, 4) is 11.5 Å². The second-order valence-corrected chi connectivity index (χ2v) is 5.81. The van der Waals surface area contributed by atoms with E-state index >= 15 is 0 Å². The molecule has 0 spiro atoms. The van der Waals surface area contributed by atoms with Gasteiger partial charge in [-0.15, -0.1) is 0 Å². The van der Waals surface area contributed by atoms with Crippen LogP contribution >= 0.6 is 0 Å². The maximum Gasteiger partial charge on any atom is 0.344 e. The van der Waals surface area contributed by atoms with E-state index in [4.69, 9.17) is 14.2 Å². The maximum absolute atomic E-state index is 13.6. The van der Waals surface area contributed by atoms with Crippen LogP contribution in [0.4, 0.5) is 10.1 Å². The van der Waals surface area contributed by atoms with Crippen molar-refractivity contribution in [1.29, 1.82) is 0 Å². The molecular weight excluding hydrogens is 369 g/mol. The number of carbonyl (C=O) groups is 3. The molecule has 0 saturated carbocycles. The van der Waals surface area contributed by atoms with E-state index in [0.717, 1.165) is 0 Å². The molecule has 0 radical (unpaired) electrons. The predicted octanol–water partition coefficient (Wildman–Crippen LogP) is 2.99. The summed E-state index contributed by atoms with van der Waals surface area (Å²) >= 11 is 0. The Morgan fingerprint density at radius 2 is 1.82 bits per heavy atom. The lowest BCUT2D eigenvalue weighted by Crippen LogP contribution is -2.32. The zero-order valence-corrected chi connectivity index (χ0v) is 15.7. The summed E-state index contributed by atoms with van der Waals surface area (Å²) in [7, 11) is 1.40. The zero-order chi connectivity index (χ0) is 20.7. The highest BCUT2D eigenvalue weighted by molar-refractivity contribution is 5.95. The van der Waals surface area contributed by atoms with Gasteiger partial charge in [0, 0.05) is 5.56 Å². The molecule has 1 atom stereocenters. The van der Waals surface area contributed by atoms with Crippen molar-refractivity contribution in [3.63, 3.8) is 0 Å². The number of anilines is 1. The smallest absolute Gasteiger partial charge is 0.344 e. The number of ketones is 1. The van der Waals surface area contributed by atoms with Crippen LogP contribution in [0.3, 0.4) is 0 Å². The lowest BCUT2D eigenvalue weighted by Gasteiger charge is -2.15. The summed E-state index contributed by atoms with van der Waals surface area (Å²) in [5.41, 5.74) is 0.423. The van der Waals surface area contributed by atoms with E-state index in [1.165, 1.54) is 57.4 Å². The van der Waals surface area contributed by atoms with E-state index in [1.807, 2.05) is 0 Å². The topological polar surface area (TPSA) is 90.9 Å². The highest BCUT2D eigenvalue weighted by Crippen LogP contribution is 2.28. The molecule has 2 aromatic rings. The molecule has 0 aliphatic heterocycles. The second kappa shape index (κ2) is 9.50. The third kappa shape index (κ3) is 5.54. The lowest BCUT2D eigenvalue weighted by atomic mass is 10.1. The first-order valence-corrected chi connectivity index (χ1v) is 8.38. The van der Waals surface area contributed by atoms with Gasteiger partial charge < -0.3 is 19.5 Å². The summed E-state index contributed by atoms with van der Waals surface area (Å²) in [6, 6.07) is 10.2. The highest BCUT2D eigenvalue weighted by atomic mass is 19.1. The Labute approximate surface area is 161 Å². The Hall–Kier alpha value is -3.42. The first kappa shape index (κ1) is 20.9. The number of methoxy groups -OCH3 is 1. The summed E-state index contributed by atoms with van der Waals surface area (Å²) in [6.45, 7) is 2.30. The molecule has 0 heterocycles. The first-order valence-electron chi connectivity index (χ1n) is 8.38. The van der Waals surface area contributed by atoms with Gasteiger partial charge in [-0.25, -0.2) is 9.18 Å². The van der Waals surface area contributed by atoms with Crippen molar-refractivity contribution in [1.82, 2.24) is 0 Å². The van der Waals surface area contributed by atoms with Crippen molar-refractivity contribution >= 4 is 23.3 Å². The van der Waals surface area contributed by atoms with Gasteiger partial charge in [0.15, 0.2) is 30.0 Å². The fraction of sp³-hybridized carbons (Fsp3) is 0.250. The zero-order valence-electron chi connectivity index (χ0n) is 15.7. The van der Waals surface area contributed by atoms with Crippen LogP contribution in [0.5, 0.6) is 11.5 Å². The summed E-state index contributed by atoms with van der Waals surface area (Å²) in [5, 5.41) is 2.34. The van der Waals surface area contributed by atoms with E-state index in [2.05, 4.69) is 5.32 Å². The number of esters is 1. The van der Waals surface area contributed by atoms with Crippen molar-refractivity contribution in [3.05, 3.63) is 53.8 Å². The monoisotopic (exact) mass is 389 g/mol. The van der Waals surface area contributed by atoms with Crippen LogP contribution in [0.2, 0.25) is 0 Å². The van der Waals surface area contributed by atoms with Gasteiger partial charge in [0.05, 0.1) is 12.8 Å². The van der Waals surface area contributed by atoms with Gasteiger partial charge in [-0.1, -0.05) is 12.1 Å². The van der Waals surface area contributed by atoms with E-state index in [-0.39, 0.29) is 23.0 Å². The fourth-order valence-corrected chi connectivity index (χ4v) is 2.22. The van der Waals surface area contributed by atoms with E-state index < -0.39 is 30.4 Å². The average molecular weight is 389 g/mol. The number of rotatable bonds is 8. The van der Waals surface area contributed by atoms with Gasteiger partial charge in [0.25, 0.3) is 5.91 Å². The number of hydrogen-bond donors (Lipinski definition) is 1. The van der Waals surface area contributed by atoms with Gasteiger partial charge in [-0.05, 0) is 44.2 Å². The number of ether oxygens (including phenoxy) is 3. The molecule has 0 aliphatic carbocycles. The minimum absolute atomic E-state index is 0.0121. The SMILES string of the molecule is COc1cc(C(C)=O)ccc1OCC(=O)O[C@H](C)C(=O)Nc1ccccc1F. The van der Waals surface area contributed by atoms with Crippen LogP contribution in [0.15, 0.2) is 42.5 Å². The van der Waals surface area contributed by atoms with Crippen molar-refractivity contribution < 1.29 is 33.0 Å². The van der Waals surface area contributed by atoms with Crippen LogP contribution in [0, 0.1) is 5.82 Å². The molecule has 7 nitrogen and oxygen atoms in total. The molecule has 1 amide bonds. The van der Waals surface area contributed by atoms with Gasteiger partial charge in [-0.2, -0.15) is 0 Å². The molecule has 0 aromatic heterocycles. The second-order valence-electron chi connectivity index (χ2n) is 5.81. The van der Waals surface area contributed by atoms with Crippen LogP contribution in [0.25, 0.3) is 0 Å². The third-order valence-electron chi connectivity index (χ3n) is 3.72. The Balaban J connectivity index is 1.90. The summed E-state index contributed by atoms with van der Waals surface area (Å²) in [6.07, 6.45) is -1.15. The number of halogens is 1. The minimum atomic E-state index is -1.15. The standard InChI is InChI=1S/C20H20FNO6/c1-12(23)14-8-9-17(18(10-14)26-3)27-11-19(24)28-13(2)20(25)22-16-7-5-4-6-15(16)21/h4-10,13H,11H2,1-3H3,(H,22,25)/t13-/m1/s1. The van der Waals surface area contributed by atoms with Gasteiger partial charge in [0.1, 0.15) is 5.82 Å². The molecule has 0 fully saturated rings.